The number of carbonyl (C=O) groups excluding carboxylic acids is 1. The zero-order valence-electron chi connectivity index (χ0n) is 6.94. The van der Waals surface area contributed by atoms with Gasteiger partial charge in [-0.1, -0.05) is 6.42 Å². The van der Waals surface area contributed by atoms with Gasteiger partial charge in [0.25, 0.3) is 5.97 Å². The zero-order valence-corrected chi connectivity index (χ0v) is 10.8. The second-order valence-corrected chi connectivity index (χ2v) is 1.79. The predicted molar refractivity (Wildman–Crippen MR) is 31.2 cm³/mol. The molecule has 72 valence electrons. The van der Waals surface area contributed by atoms with E-state index in [1.807, 2.05) is 13.8 Å². The quantitative estimate of drug-likeness (QED) is 0.283. The molecule has 0 aromatic carbocycles. The van der Waals surface area contributed by atoms with Crippen molar-refractivity contribution in [1.29, 1.82) is 0 Å². The second-order valence-electron chi connectivity index (χ2n) is 1.79. The Bertz CT molecular complexity index is 90.9. The van der Waals surface area contributed by atoms with Crippen molar-refractivity contribution in [3.05, 3.63) is 6.92 Å². The molecule has 0 amide bonds. The minimum atomic E-state index is -0.236. The minimum absolute atomic E-state index is 0. The molecule has 0 fully saturated rings. The number of carbonyl (C=O) groups is 1. The second kappa shape index (κ2) is 18.0. The van der Waals surface area contributed by atoms with Crippen LogP contribution in [0.2, 0.25) is 0 Å². The van der Waals surface area contributed by atoms with Crippen molar-refractivity contribution in [3.63, 3.8) is 0 Å². The third-order valence-corrected chi connectivity index (χ3v) is 0.571. The van der Waals surface area contributed by atoms with Crippen molar-refractivity contribution in [2.45, 2.75) is 26.4 Å². The van der Waals surface area contributed by atoms with Crippen LogP contribution in [0, 0.1) is 6.92 Å². The molecule has 0 aliphatic carbocycles. The molecule has 0 N–H and O–H groups in total. The van der Waals surface area contributed by atoms with Crippen LogP contribution in [0.3, 0.4) is 0 Å². The van der Waals surface area contributed by atoms with Gasteiger partial charge in [0, 0.05) is 0 Å². The van der Waals surface area contributed by atoms with Gasteiger partial charge in [0.1, 0.15) is 0 Å². The molecule has 2 nitrogen and oxygen atoms in total. The Morgan fingerprint density at radius 1 is 1.33 bits per heavy atom. The number of halogens is 3. The standard InChI is InChI=1S/C6H11O2.3ClH.Ti/c1-4-6(7)8-5(2)3;;;;/h5H,1,4H2,2-3H3;3*1H;/q-1;;;;+4/p-3. The predicted octanol–water partition coefficient (Wildman–Crippen LogP) is -7.83. The maximum absolute atomic E-state index is 10.3. The van der Waals surface area contributed by atoms with Gasteiger partial charge < -0.3 is 48.9 Å². The molecule has 0 aromatic heterocycles. The molecule has 0 spiro atoms. The maximum atomic E-state index is 10.3. The molecule has 0 aromatic rings. The van der Waals surface area contributed by atoms with Crippen molar-refractivity contribution in [2.24, 2.45) is 0 Å². The van der Waals surface area contributed by atoms with Gasteiger partial charge in [0.15, 0.2) is 0 Å². The largest absolute Gasteiger partial charge is 4.00 e. The summed E-state index contributed by atoms with van der Waals surface area (Å²) in [5.74, 6) is -0.236. The van der Waals surface area contributed by atoms with Crippen molar-refractivity contribution < 1.29 is 68.5 Å². The molecule has 0 radical (unpaired) electrons. The number of esters is 1. The molecule has 6 heteroatoms. The van der Waals surface area contributed by atoms with E-state index in [0.717, 1.165) is 0 Å². The van der Waals surface area contributed by atoms with E-state index < -0.39 is 0 Å². The van der Waals surface area contributed by atoms with Crippen LogP contribution in [0.5, 0.6) is 0 Å². The molecular formula is C6H11Cl3O2Ti. The Labute approximate surface area is 107 Å². The molecule has 0 bridgehead atoms. The summed E-state index contributed by atoms with van der Waals surface area (Å²) in [5.41, 5.74) is 0. The molecule has 0 unspecified atom stereocenters. The topological polar surface area (TPSA) is 26.3 Å². The first kappa shape index (κ1) is 29.2. The molecule has 0 aliphatic rings. The number of ether oxygens (including phenoxy) is 1. The zero-order chi connectivity index (χ0) is 6.57. The Balaban J connectivity index is -0.0000000408. The molecule has 12 heavy (non-hydrogen) atoms. The fraction of sp³-hybridized carbons (Fsp3) is 0.667. The van der Waals surface area contributed by atoms with Crippen LogP contribution in [0.1, 0.15) is 20.3 Å². The Morgan fingerprint density at radius 2 is 1.67 bits per heavy atom. The van der Waals surface area contributed by atoms with Crippen molar-refractivity contribution >= 4 is 5.97 Å². The van der Waals surface area contributed by atoms with Crippen molar-refractivity contribution in [3.8, 4) is 0 Å². The third-order valence-electron chi connectivity index (χ3n) is 0.571. The SMILES string of the molecule is [CH2-]CC(=O)OC(C)C.[Cl-].[Cl-].[Cl-].[Ti+4]. The summed E-state index contributed by atoms with van der Waals surface area (Å²) in [6.07, 6.45) is 0.210. The average molecular weight is 269 g/mol. The first-order valence-corrected chi connectivity index (χ1v) is 2.65. The van der Waals surface area contributed by atoms with Crippen LogP contribution in [0.4, 0.5) is 0 Å². The van der Waals surface area contributed by atoms with Crippen LogP contribution >= 0.6 is 0 Å². The Hall–Kier alpha value is 1.05. The maximum Gasteiger partial charge on any atom is 4.00 e. The van der Waals surface area contributed by atoms with Crippen LogP contribution in [0.25, 0.3) is 0 Å². The van der Waals surface area contributed by atoms with Gasteiger partial charge in [-0.15, -0.1) is 0 Å². The fourth-order valence-corrected chi connectivity index (χ4v) is 0.322. The van der Waals surface area contributed by atoms with Gasteiger partial charge in [-0.25, -0.2) is 0 Å². The van der Waals surface area contributed by atoms with E-state index in [1.165, 1.54) is 0 Å². The molecule has 0 heterocycles. The van der Waals surface area contributed by atoms with Crippen LogP contribution < -0.4 is 37.2 Å². The molecule has 0 saturated carbocycles. The van der Waals surface area contributed by atoms with E-state index >= 15 is 0 Å². The van der Waals surface area contributed by atoms with E-state index in [-0.39, 0.29) is 77.4 Å². The first-order valence-electron chi connectivity index (χ1n) is 2.65. The molecule has 0 saturated heterocycles. The monoisotopic (exact) mass is 268 g/mol. The summed E-state index contributed by atoms with van der Waals surface area (Å²) in [6, 6.07) is 0. The van der Waals surface area contributed by atoms with Crippen LogP contribution in [-0.4, -0.2) is 12.1 Å². The average Bonchev–Trinajstić information content (AvgIpc) is 1.65. The van der Waals surface area contributed by atoms with Gasteiger partial charge in [-0.2, -0.15) is 0 Å². The number of hydrogen-bond donors (Lipinski definition) is 0. The summed E-state index contributed by atoms with van der Waals surface area (Å²) in [4.78, 5) is 10.3. The van der Waals surface area contributed by atoms with E-state index in [9.17, 15) is 4.79 Å². The van der Waals surface area contributed by atoms with Crippen LogP contribution in [-0.2, 0) is 31.2 Å². The van der Waals surface area contributed by atoms with E-state index in [4.69, 9.17) is 4.74 Å². The van der Waals surface area contributed by atoms with Gasteiger partial charge in [-0.05, 0) is 13.8 Å². The van der Waals surface area contributed by atoms with E-state index in [2.05, 4.69) is 6.92 Å². The first-order chi connectivity index (χ1) is 3.66. The third kappa shape index (κ3) is 22.5. The molecule has 0 rings (SSSR count). The van der Waals surface area contributed by atoms with Crippen molar-refractivity contribution in [2.75, 3.05) is 0 Å². The van der Waals surface area contributed by atoms with E-state index in [1.54, 1.807) is 0 Å². The number of hydrogen-bond acceptors (Lipinski definition) is 2. The van der Waals surface area contributed by atoms with Crippen molar-refractivity contribution in [1.82, 2.24) is 0 Å². The Morgan fingerprint density at radius 3 is 1.75 bits per heavy atom. The summed E-state index contributed by atoms with van der Waals surface area (Å²) >= 11 is 0. The van der Waals surface area contributed by atoms with Gasteiger partial charge in [-0.3, -0.25) is 4.79 Å². The fourth-order valence-electron chi connectivity index (χ4n) is 0.322. The van der Waals surface area contributed by atoms with E-state index in [0.29, 0.717) is 0 Å². The van der Waals surface area contributed by atoms with Crippen LogP contribution in [0.15, 0.2) is 0 Å². The normalized spacial score (nSPS) is 6.33. The smallest absolute Gasteiger partial charge is 1.00 e. The summed E-state index contributed by atoms with van der Waals surface area (Å²) in [5, 5.41) is 0. The minimum Gasteiger partial charge on any atom is -1.00 e. The molecular weight excluding hydrogens is 258 g/mol. The summed E-state index contributed by atoms with van der Waals surface area (Å²) in [6.45, 7) is 6.99. The van der Waals surface area contributed by atoms with Gasteiger partial charge in [0.05, 0.1) is 6.10 Å². The van der Waals surface area contributed by atoms with Gasteiger partial charge >= 0.3 is 21.7 Å². The summed E-state index contributed by atoms with van der Waals surface area (Å²) in [7, 11) is 0. The molecule has 0 aliphatic heterocycles. The number of rotatable bonds is 2. The summed E-state index contributed by atoms with van der Waals surface area (Å²) < 4.78 is 4.70. The molecule has 0 atom stereocenters. The Kier molecular flexibility index (Phi) is 43.8. The van der Waals surface area contributed by atoms with Gasteiger partial charge in [0.2, 0.25) is 0 Å².